The molecule has 0 amide bonds. The molecule has 0 saturated heterocycles. The summed E-state index contributed by atoms with van der Waals surface area (Å²) in [5.41, 5.74) is -0.0862. The molecule has 0 fully saturated rings. The van der Waals surface area contributed by atoms with Crippen molar-refractivity contribution in [2.24, 2.45) is 0 Å². The van der Waals surface area contributed by atoms with Crippen LogP contribution in [0.5, 0.6) is 0 Å². The van der Waals surface area contributed by atoms with Crippen molar-refractivity contribution in [1.29, 1.82) is 0 Å². The lowest BCUT2D eigenvalue weighted by molar-refractivity contribution is 0.553. The van der Waals surface area contributed by atoms with Gasteiger partial charge < -0.3 is 0 Å². The Balaban J connectivity index is 2.83. The van der Waals surface area contributed by atoms with E-state index in [1.54, 1.807) is 0 Å². The summed E-state index contributed by atoms with van der Waals surface area (Å²) in [6.07, 6.45) is 3.43. The van der Waals surface area contributed by atoms with Gasteiger partial charge in [0.25, 0.3) is 0 Å². The topological polar surface area (TPSA) is 64.3 Å². The number of halogens is 2. The third-order valence-electron chi connectivity index (χ3n) is 1.56. The third kappa shape index (κ3) is 1.44. The van der Waals surface area contributed by atoms with Crippen LogP contribution >= 0.6 is 11.6 Å². The molecule has 8 heteroatoms. The highest BCUT2D eigenvalue weighted by molar-refractivity contribution is 7.86. The number of hydrogen-bond acceptors (Lipinski definition) is 4. The summed E-state index contributed by atoms with van der Waals surface area (Å²) in [7, 11) is -4.79. The van der Waals surface area contributed by atoms with Crippen molar-refractivity contribution in [3.05, 3.63) is 23.6 Å². The number of fused-ring (bicyclic) bond motifs is 1. The highest BCUT2D eigenvalue weighted by Gasteiger charge is 2.19. The van der Waals surface area contributed by atoms with Crippen LogP contribution in [0, 0.1) is 0 Å². The van der Waals surface area contributed by atoms with Gasteiger partial charge in [-0.05, 0) is 0 Å². The number of nitrogens with zero attached hydrogens (tertiary/aromatic N) is 3. The highest BCUT2D eigenvalue weighted by Crippen LogP contribution is 2.18. The van der Waals surface area contributed by atoms with Gasteiger partial charge in [-0.25, -0.2) is 9.50 Å². The van der Waals surface area contributed by atoms with Crippen LogP contribution < -0.4 is 0 Å². The summed E-state index contributed by atoms with van der Waals surface area (Å²) in [6, 6.07) is 0. The largest absolute Gasteiger partial charge is 0.337 e. The number of hydrogen-bond donors (Lipinski definition) is 0. The molecule has 0 aromatic carbocycles. The van der Waals surface area contributed by atoms with Crippen LogP contribution in [-0.2, 0) is 10.2 Å². The quantitative estimate of drug-likeness (QED) is 0.693. The molecule has 0 unspecified atom stereocenters. The zero-order chi connectivity index (χ0) is 10.3. The fraction of sp³-hybridized carbons (Fsp3) is 0. The summed E-state index contributed by atoms with van der Waals surface area (Å²) in [5, 5.41) is 3.88. The van der Waals surface area contributed by atoms with E-state index >= 15 is 0 Å². The minimum absolute atomic E-state index is 0.0862. The lowest BCUT2D eigenvalue weighted by Crippen LogP contribution is -1.94. The maximum absolute atomic E-state index is 12.6. The first-order valence-corrected chi connectivity index (χ1v) is 5.18. The standard InChI is InChI=1S/C6H3ClFN3O2S/c7-4-1-9-6-5(14(8,12)13)2-10-11(6)3-4/h1-3H. The zero-order valence-electron chi connectivity index (χ0n) is 6.55. The minimum atomic E-state index is -4.79. The predicted molar refractivity (Wildman–Crippen MR) is 46.3 cm³/mol. The van der Waals surface area contributed by atoms with Crippen LogP contribution in [0.15, 0.2) is 23.5 Å². The van der Waals surface area contributed by atoms with Gasteiger partial charge in [0.05, 0.1) is 17.4 Å². The van der Waals surface area contributed by atoms with Crippen molar-refractivity contribution in [3.63, 3.8) is 0 Å². The van der Waals surface area contributed by atoms with E-state index in [-0.39, 0.29) is 10.7 Å². The molecule has 0 spiro atoms. The van der Waals surface area contributed by atoms with E-state index in [9.17, 15) is 12.3 Å². The molecule has 2 aromatic heterocycles. The van der Waals surface area contributed by atoms with E-state index in [0.717, 1.165) is 10.7 Å². The SMILES string of the molecule is O=S(=O)(F)c1cnn2cc(Cl)cnc12. The van der Waals surface area contributed by atoms with Crippen LogP contribution in [-0.4, -0.2) is 23.0 Å². The minimum Gasteiger partial charge on any atom is -0.234 e. The third-order valence-corrected chi connectivity index (χ3v) is 2.56. The molecule has 5 nitrogen and oxygen atoms in total. The molecule has 2 heterocycles. The Morgan fingerprint density at radius 1 is 1.43 bits per heavy atom. The summed E-state index contributed by atoms with van der Waals surface area (Å²) in [6.45, 7) is 0. The van der Waals surface area contributed by atoms with E-state index in [0.29, 0.717) is 0 Å². The lowest BCUT2D eigenvalue weighted by Gasteiger charge is -1.93. The van der Waals surface area contributed by atoms with Gasteiger partial charge in [0, 0.05) is 6.20 Å². The average molecular weight is 236 g/mol. The van der Waals surface area contributed by atoms with E-state index in [2.05, 4.69) is 10.1 Å². The van der Waals surface area contributed by atoms with Crippen molar-refractivity contribution in [1.82, 2.24) is 14.6 Å². The van der Waals surface area contributed by atoms with Crippen LogP contribution in [0.3, 0.4) is 0 Å². The van der Waals surface area contributed by atoms with Gasteiger partial charge in [-0.3, -0.25) is 0 Å². The number of aromatic nitrogens is 3. The molecule has 0 N–H and O–H groups in total. The first-order valence-electron chi connectivity index (χ1n) is 3.42. The molecule has 0 aliphatic heterocycles. The number of rotatable bonds is 1. The summed E-state index contributed by atoms with van der Waals surface area (Å²) in [4.78, 5) is 3.10. The van der Waals surface area contributed by atoms with E-state index < -0.39 is 15.1 Å². The molecule has 0 aliphatic carbocycles. The Bertz CT molecular complexity index is 594. The first-order chi connectivity index (χ1) is 6.48. The first kappa shape index (κ1) is 9.35. The molecule has 0 atom stereocenters. The normalized spacial score (nSPS) is 12.1. The van der Waals surface area contributed by atoms with Gasteiger partial charge >= 0.3 is 10.2 Å². The van der Waals surface area contributed by atoms with Crippen LogP contribution in [0.1, 0.15) is 0 Å². The van der Waals surface area contributed by atoms with Crippen molar-refractivity contribution < 1.29 is 12.3 Å². The van der Waals surface area contributed by atoms with Crippen molar-refractivity contribution in [2.45, 2.75) is 4.90 Å². The molecule has 0 radical (unpaired) electrons. The van der Waals surface area contributed by atoms with Gasteiger partial charge in [-0.2, -0.15) is 13.5 Å². The second kappa shape index (κ2) is 2.89. The predicted octanol–water partition coefficient (Wildman–Crippen LogP) is 1.04. The molecule has 2 aromatic rings. The summed E-state index contributed by atoms with van der Waals surface area (Å²) in [5.74, 6) is 0. The fourth-order valence-corrected chi connectivity index (χ4v) is 1.68. The van der Waals surface area contributed by atoms with Crippen LogP contribution in [0.25, 0.3) is 5.65 Å². The Morgan fingerprint density at radius 3 is 2.79 bits per heavy atom. The van der Waals surface area contributed by atoms with Gasteiger partial charge in [-0.15, -0.1) is 3.89 Å². The molecular weight excluding hydrogens is 233 g/mol. The van der Waals surface area contributed by atoms with Gasteiger partial charge in [0.2, 0.25) is 0 Å². The van der Waals surface area contributed by atoms with E-state index in [1.165, 1.54) is 12.4 Å². The van der Waals surface area contributed by atoms with Crippen LogP contribution in [0.4, 0.5) is 3.89 Å². The van der Waals surface area contributed by atoms with E-state index in [4.69, 9.17) is 11.6 Å². The summed E-state index contributed by atoms with van der Waals surface area (Å²) < 4.78 is 34.9. The highest BCUT2D eigenvalue weighted by atomic mass is 35.5. The Morgan fingerprint density at radius 2 is 2.14 bits per heavy atom. The van der Waals surface area contributed by atoms with Crippen molar-refractivity contribution >= 4 is 27.5 Å². The summed E-state index contributed by atoms with van der Waals surface area (Å²) >= 11 is 5.58. The van der Waals surface area contributed by atoms with Crippen LogP contribution in [0.2, 0.25) is 5.02 Å². The molecule has 0 bridgehead atoms. The zero-order valence-corrected chi connectivity index (χ0v) is 8.13. The Hall–Kier alpha value is -1.21. The van der Waals surface area contributed by atoms with E-state index in [1.807, 2.05) is 0 Å². The fourth-order valence-electron chi connectivity index (χ4n) is 1.00. The molecule has 0 saturated carbocycles. The van der Waals surface area contributed by atoms with Gasteiger partial charge in [0.1, 0.15) is 0 Å². The maximum atomic E-state index is 12.6. The molecule has 74 valence electrons. The monoisotopic (exact) mass is 235 g/mol. The smallest absolute Gasteiger partial charge is 0.234 e. The average Bonchev–Trinajstić information content (AvgIpc) is 2.45. The van der Waals surface area contributed by atoms with Crippen molar-refractivity contribution in [3.8, 4) is 0 Å². The Kier molecular flexibility index (Phi) is 1.93. The Labute approximate surface area is 83.3 Å². The van der Waals surface area contributed by atoms with Crippen molar-refractivity contribution in [2.75, 3.05) is 0 Å². The second-order valence-electron chi connectivity index (χ2n) is 2.49. The lowest BCUT2D eigenvalue weighted by atomic mass is 10.6. The van der Waals surface area contributed by atoms with Gasteiger partial charge in [-0.1, -0.05) is 11.6 Å². The second-order valence-corrected chi connectivity index (χ2v) is 4.24. The molecule has 14 heavy (non-hydrogen) atoms. The molecule has 2 rings (SSSR count). The molecule has 0 aliphatic rings. The maximum Gasteiger partial charge on any atom is 0.337 e. The molecular formula is C6H3ClFN3O2S. The van der Waals surface area contributed by atoms with Gasteiger partial charge in [0.15, 0.2) is 10.5 Å².